The van der Waals surface area contributed by atoms with Gasteiger partial charge in [0.15, 0.2) is 5.16 Å². The third-order valence-corrected chi connectivity index (χ3v) is 9.15. The van der Waals surface area contributed by atoms with E-state index in [1.54, 1.807) is 19.1 Å². The molecule has 6 nitrogen and oxygen atoms in total. The van der Waals surface area contributed by atoms with Crippen molar-refractivity contribution in [3.63, 3.8) is 0 Å². The molecule has 4 aromatic rings. The largest absolute Gasteiger partial charge is 0.358 e. The van der Waals surface area contributed by atoms with Crippen molar-refractivity contribution in [2.45, 2.75) is 60.8 Å². The monoisotopic (exact) mass is 529 g/mol. The van der Waals surface area contributed by atoms with Crippen LogP contribution in [0.3, 0.4) is 0 Å². The predicted octanol–water partition coefficient (Wildman–Crippen LogP) is 6.70. The number of aromatic nitrogens is 2. The van der Waals surface area contributed by atoms with Crippen LogP contribution in [-0.2, 0) is 10.1 Å². The lowest BCUT2D eigenvalue weighted by Crippen LogP contribution is -2.15. The number of thioether (sulfide) groups is 1. The van der Waals surface area contributed by atoms with Gasteiger partial charge in [-0.25, -0.2) is 4.98 Å². The Labute approximate surface area is 221 Å². The highest BCUT2D eigenvalue weighted by atomic mass is 32.2. The minimum absolute atomic E-state index is 0.0356. The molecule has 0 radical (unpaired) electrons. The maximum atomic E-state index is 13.2. The van der Waals surface area contributed by atoms with Gasteiger partial charge in [-0.05, 0) is 55.2 Å². The van der Waals surface area contributed by atoms with Crippen LogP contribution in [-0.4, -0.2) is 23.6 Å². The van der Waals surface area contributed by atoms with Gasteiger partial charge in [0.05, 0.1) is 11.8 Å². The summed E-state index contributed by atoms with van der Waals surface area (Å²) in [6.07, 6.45) is 4.41. The Balaban J connectivity index is 1.62. The van der Waals surface area contributed by atoms with Crippen LogP contribution in [0, 0.1) is 25.2 Å². The minimum Gasteiger partial charge on any atom is -0.358 e. The van der Waals surface area contributed by atoms with Gasteiger partial charge in [0.25, 0.3) is 0 Å². The summed E-state index contributed by atoms with van der Waals surface area (Å²) in [5, 5.41) is 13.1. The van der Waals surface area contributed by atoms with Gasteiger partial charge in [-0.2, -0.15) is 18.7 Å². The fourth-order valence-corrected chi connectivity index (χ4v) is 6.79. The van der Waals surface area contributed by atoms with E-state index >= 15 is 0 Å². The highest BCUT2D eigenvalue weighted by Gasteiger charge is 2.28. The van der Waals surface area contributed by atoms with Crippen molar-refractivity contribution in [1.82, 2.24) is 9.97 Å². The van der Waals surface area contributed by atoms with E-state index in [2.05, 4.69) is 11.1 Å². The minimum atomic E-state index is -4.13. The Morgan fingerprint density at radius 3 is 2.41 bits per heavy atom. The molecule has 0 spiro atoms. The lowest BCUT2D eigenvalue weighted by atomic mass is 9.90. The molecule has 1 aromatic heterocycles. The van der Waals surface area contributed by atoms with Crippen LogP contribution in [0.1, 0.15) is 54.0 Å². The van der Waals surface area contributed by atoms with Crippen LogP contribution in [0.4, 0.5) is 0 Å². The Morgan fingerprint density at radius 1 is 0.973 bits per heavy atom. The van der Waals surface area contributed by atoms with E-state index in [4.69, 9.17) is 9.17 Å². The van der Waals surface area contributed by atoms with Gasteiger partial charge < -0.3 is 4.18 Å². The molecule has 0 N–H and O–H groups in total. The highest BCUT2D eigenvalue weighted by molar-refractivity contribution is 7.99. The van der Waals surface area contributed by atoms with Gasteiger partial charge in [0.1, 0.15) is 10.8 Å². The third kappa shape index (κ3) is 5.34. The standard InChI is InChI=1S/C29H27N3O3S2/c1-19-14-16-23(17-15-19)37(33,34)35-28-20(2)27(31-29(32-28)36-22-10-4-5-11-22)26(18-30)25-13-7-9-21-8-3-6-12-24(21)25/h3,6-9,12-17,22,26H,4-5,10-11H2,1-2H3. The van der Waals surface area contributed by atoms with E-state index < -0.39 is 16.0 Å². The molecule has 1 unspecified atom stereocenters. The van der Waals surface area contributed by atoms with Gasteiger partial charge in [-0.15, -0.1) is 0 Å². The molecule has 3 aromatic carbocycles. The van der Waals surface area contributed by atoms with Gasteiger partial charge in [0.2, 0.25) is 5.88 Å². The van der Waals surface area contributed by atoms with Crippen LogP contribution in [0.2, 0.25) is 0 Å². The summed E-state index contributed by atoms with van der Waals surface area (Å²) < 4.78 is 31.9. The van der Waals surface area contributed by atoms with Crippen LogP contribution in [0.5, 0.6) is 5.88 Å². The molecule has 188 valence electrons. The topological polar surface area (TPSA) is 92.9 Å². The average Bonchev–Trinajstić information content (AvgIpc) is 3.40. The maximum Gasteiger partial charge on any atom is 0.340 e. The first-order valence-corrected chi connectivity index (χ1v) is 14.6. The van der Waals surface area contributed by atoms with Gasteiger partial charge in [-0.3, -0.25) is 0 Å². The van der Waals surface area contributed by atoms with Gasteiger partial charge in [0, 0.05) is 10.8 Å². The number of hydrogen-bond donors (Lipinski definition) is 0. The summed E-state index contributed by atoms with van der Waals surface area (Å²) in [7, 11) is -4.13. The zero-order chi connectivity index (χ0) is 26.0. The van der Waals surface area contributed by atoms with Crippen molar-refractivity contribution in [3.05, 3.63) is 89.1 Å². The van der Waals surface area contributed by atoms with Crippen molar-refractivity contribution >= 4 is 32.7 Å². The smallest absolute Gasteiger partial charge is 0.340 e. The summed E-state index contributed by atoms with van der Waals surface area (Å²) in [5.41, 5.74) is 2.66. The second kappa shape index (κ2) is 10.5. The quantitative estimate of drug-likeness (QED) is 0.194. The molecule has 8 heteroatoms. The Bertz CT molecular complexity index is 1580. The van der Waals surface area contributed by atoms with Crippen LogP contribution >= 0.6 is 11.8 Å². The molecule has 1 aliphatic rings. The van der Waals surface area contributed by atoms with Gasteiger partial charge in [-0.1, -0.05) is 84.8 Å². The summed E-state index contributed by atoms with van der Waals surface area (Å²) in [5.74, 6) is -0.756. The lowest BCUT2D eigenvalue weighted by molar-refractivity contribution is 0.467. The first-order chi connectivity index (χ1) is 17.9. The molecular weight excluding hydrogens is 502 g/mol. The molecule has 37 heavy (non-hydrogen) atoms. The number of aryl methyl sites for hydroxylation is 1. The van der Waals surface area contributed by atoms with E-state index in [-0.39, 0.29) is 10.8 Å². The van der Waals surface area contributed by atoms with Gasteiger partial charge >= 0.3 is 10.1 Å². The van der Waals surface area contributed by atoms with E-state index in [9.17, 15) is 13.7 Å². The van der Waals surface area contributed by atoms with Crippen molar-refractivity contribution in [2.24, 2.45) is 0 Å². The number of fused-ring (bicyclic) bond motifs is 1. The Morgan fingerprint density at radius 2 is 1.68 bits per heavy atom. The van der Waals surface area contributed by atoms with Crippen LogP contribution in [0.25, 0.3) is 10.8 Å². The molecule has 0 saturated heterocycles. The number of nitrogens with zero attached hydrogens (tertiary/aromatic N) is 3. The molecular formula is C29H27N3O3S2. The summed E-state index contributed by atoms with van der Waals surface area (Å²) in [6.45, 7) is 3.61. The molecule has 1 heterocycles. The number of benzene rings is 3. The zero-order valence-corrected chi connectivity index (χ0v) is 22.3. The summed E-state index contributed by atoms with van der Waals surface area (Å²) >= 11 is 1.53. The lowest BCUT2D eigenvalue weighted by Gasteiger charge is -2.18. The van der Waals surface area contributed by atoms with Crippen molar-refractivity contribution in [1.29, 1.82) is 5.26 Å². The first-order valence-electron chi connectivity index (χ1n) is 12.3. The SMILES string of the molecule is Cc1ccc(S(=O)(=O)Oc2nc(SC3CCCC3)nc(C(C#N)c3cccc4ccccc34)c2C)cc1. The second-order valence-corrected chi connectivity index (χ2v) is 12.1. The van der Waals surface area contributed by atoms with Crippen molar-refractivity contribution in [2.75, 3.05) is 0 Å². The van der Waals surface area contributed by atoms with E-state index in [1.165, 1.54) is 23.9 Å². The molecule has 0 aliphatic heterocycles. The summed E-state index contributed by atoms with van der Waals surface area (Å²) in [4.78, 5) is 9.41. The molecule has 1 aliphatic carbocycles. The van der Waals surface area contributed by atoms with Crippen LogP contribution in [0.15, 0.2) is 76.8 Å². The highest BCUT2D eigenvalue weighted by Crippen LogP contribution is 2.38. The molecule has 0 amide bonds. The Hall–Kier alpha value is -3.41. The van der Waals surface area contributed by atoms with Crippen LogP contribution < -0.4 is 4.18 Å². The maximum absolute atomic E-state index is 13.2. The number of rotatable bonds is 7. The predicted molar refractivity (Wildman–Crippen MR) is 145 cm³/mol. The normalized spacial score (nSPS) is 14.9. The van der Waals surface area contributed by atoms with E-state index in [0.717, 1.165) is 47.6 Å². The first kappa shape index (κ1) is 25.2. The average molecular weight is 530 g/mol. The summed E-state index contributed by atoms with van der Waals surface area (Å²) in [6, 6.07) is 22.6. The van der Waals surface area contributed by atoms with E-state index in [1.807, 2.05) is 49.4 Å². The second-order valence-electron chi connectivity index (χ2n) is 9.33. The fourth-order valence-electron chi connectivity index (χ4n) is 4.70. The van der Waals surface area contributed by atoms with Crippen molar-refractivity contribution in [3.8, 4) is 11.9 Å². The molecule has 1 saturated carbocycles. The third-order valence-electron chi connectivity index (χ3n) is 6.73. The molecule has 0 bridgehead atoms. The fraction of sp³-hybridized carbons (Fsp3) is 0.276. The number of nitriles is 1. The zero-order valence-electron chi connectivity index (χ0n) is 20.7. The molecule has 1 fully saturated rings. The van der Waals surface area contributed by atoms with Crippen molar-refractivity contribution < 1.29 is 12.6 Å². The Kier molecular flexibility index (Phi) is 7.18. The van der Waals surface area contributed by atoms with E-state index in [0.29, 0.717) is 21.7 Å². The molecule has 1 atom stereocenters. The molecule has 5 rings (SSSR count). The number of hydrogen-bond acceptors (Lipinski definition) is 7.